The highest BCUT2D eigenvalue weighted by atomic mass is 15.3. The average molecular weight is 145 g/mol. The fourth-order valence-electron chi connectivity index (χ4n) is 1.22. The summed E-state index contributed by atoms with van der Waals surface area (Å²) in [5.74, 6) is 3.28. The summed E-state index contributed by atoms with van der Waals surface area (Å²) in [6.07, 6.45) is 10.6. The largest absolute Gasteiger partial charge is 0.257 e. The minimum atomic E-state index is 0.579. The predicted molar refractivity (Wildman–Crippen MR) is 41.9 cm³/mol. The molecule has 0 bridgehead atoms. The van der Waals surface area contributed by atoms with E-state index in [1.54, 1.807) is 0 Å². The van der Waals surface area contributed by atoms with Crippen LogP contribution >= 0.6 is 0 Å². The van der Waals surface area contributed by atoms with Gasteiger partial charge in [-0.25, -0.2) is 0 Å². The maximum absolute atomic E-state index is 5.18. The second-order valence-corrected chi connectivity index (χ2v) is 2.83. The fourth-order valence-corrected chi connectivity index (χ4v) is 1.22. The molecule has 0 amide bonds. The van der Waals surface area contributed by atoms with Crippen LogP contribution in [0.2, 0.25) is 0 Å². The molecular formula is C9H9N2. The highest BCUT2D eigenvalue weighted by Gasteiger charge is 2.26. The van der Waals surface area contributed by atoms with Gasteiger partial charge in [-0.3, -0.25) is 4.68 Å². The quantitative estimate of drug-likeness (QED) is 0.572. The molecule has 11 heavy (non-hydrogen) atoms. The number of nitrogens with zero attached hydrogens (tertiary/aromatic N) is 2. The Labute approximate surface area is 66.2 Å². The molecule has 1 heterocycles. The number of terminal acetylenes is 1. The van der Waals surface area contributed by atoms with Crippen LogP contribution in [0.15, 0.2) is 6.07 Å². The number of hydrogen-bond acceptors (Lipinski definition) is 1. The number of rotatable bonds is 2. The van der Waals surface area contributed by atoms with Crippen LogP contribution in [0.1, 0.15) is 24.5 Å². The lowest BCUT2D eigenvalue weighted by Gasteiger charge is -1.99. The average Bonchev–Trinajstić information content (AvgIpc) is 2.75. The van der Waals surface area contributed by atoms with E-state index in [1.165, 1.54) is 18.5 Å². The van der Waals surface area contributed by atoms with Crippen molar-refractivity contribution in [1.29, 1.82) is 0 Å². The Kier molecular flexibility index (Phi) is 1.43. The maximum Gasteiger partial charge on any atom is 0.113 e. The Morgan fingerprint density at radius 2 is 2.64 bits per heavy atom. The molecule has 0 unspecified atom stereocenters. The summed E-state index contributed by atoms with van der Waals surface area (Å²) >= 11 is 0. The number of aromatic nitrogens is 2. The first-order valence-electron chi connectivity index (χ1n) is 3.79. The zero-order valence-corrected chi connectivity index (χ0v) is 6.25. The van der Waals surface area contributed by atoms with E-state index in [-0.39, 0.29) is 0 Å². The number of hydrogen-bond donors (Lipinski definition) is 0. The Morgan fingerprint density at radius 3 is 3.27 bits per heavy atom. The molecule has 1 saturated carbocycles. The van der Waals surface area contributed by atoms with E-state index < -0.39 is 0 Å². The van der Waals surface area contributed by atoms with Gasteiger partial charge in [0, 0.05) is 11.6 Å². The summed E-state index contributed by atoms with van der Waals surface area (Å²) in [5.41, 5.74) is 1.25. The van der Waals surface area contributed by atoms with Gasteiger partial charge in [0.25, 0.3) is 0 Å². The molecule has 2 rings (SSSR count). The summed E-state index contributed by atoms with van der Waals surface area (Å²) in [5, 5.41) is 4.02. The van der Waals surface area contributed by atoms with Gasteiger partial charge in [0.15, 0.2) is 0 Å². The molecule has 2 nitrogen and oxygen atoms in total. The lowest BCUT2D eigenvalue weighted by Crippen LogP contribution is -2.01. The topological polar surface area (TPSA) is 17.8 Å². The van der Waals surface area contributed by atoms with Gasteiger partial charge >= 0.3 is 0 Å². The summed E-state index contributed by atoms with van der Waals surface area (Å²) < 4.78 is 1.86. The molecule has 0 aliphatic heterocycles. The Bertz CT molecular complexity index is 289. The summed E-state index contributed by atoms with van der Waals surface area (Å²) in [6.45, 7) is 0.579. The zero-order chi connectivity index (χ0) is 7.68. The van der Waals surface area contributed by atoms with E-state index in [1.807, 2.05) is 10.7 Å². The first-order valence-corrected chi connectivity index (χ1v) is 3.79. The van der Waals surface area contributed by atoms with Gasteiger partial charge in [0.1, 0.15) is 12.7 Å². The van der Waals surface area contributed by atoms with Crippen LogP contribution in [0.4, 0.5) is 0 Å². The van der Waals surface area contributed by atoms with E-state index in [0.717, 1.165) is 0 Å². The molecule has 1 radical (unpaired) electrons. The molecule has 0 N–H and O–H groups in total. The van der Waals surface area contributed by atoms with Gasteiger partial charge in [0.2, 0.25) is 0 Å². The van der Waals surface area contributed by atoms with Gasteiger partial charge in [-0.2, -0.15) is 5.10 Å². The van der Waals surface area contributed by atoms with E-state index in [2.05, 4.69) is 17.2 Å². The molecule has 0 aromatic carbocycles. The third-order valence-corrected chi connectivity index (χ3v) is 1.93. The lowest BCUT2D eigenvalue weighted by molar-refractivity contribution is 0.669. The van der Waals surface area contributed by atoms with Crippen molar-refractivity contribution >= 4 is 0 Å². The van der Waals surface area contributed by atoms with Gasteiger partial charge in [-0.1, -0.05) is 5.92 Å². The van der Waals surface area contributed by atoms with Crippen molar-refractivity contribution in [3.63, 3.8) is 0 Å². The Hall–Kier alpha value is -1.23. The normalized spacial score (nSPS) is 16.3. The fraction of sp³-hybridized carbons (Fsp3) is 0.444. The minimum Gasteiger partial charge on any atom is -0.257 e. The van der Waals surface area contributed by atoms with Crippen molar-refractivity contribution in [3.05, 3.63) is 18.0 Å². The van der Waals surface area contributed by atoms with Crippen molar-refractivity contribution in [2.24, 2.45) is 0 Å². The highest BCUT2D eigenvalue weighted by Crippen LogP contribution is 2.39. The highest BCUT2D eigenvalue weighted by molar-refractivity contribution is 5.14. The van der Waals surface area contributed by atoms with Crippen LogP contribution < -0.4 is 0 Å². The van der Waals surface area contributed by atoms with Crippen LogP contribution in [0.25, 0.3) is 0 Å². The summed E-state index contributed by atoms with van der Waals surface area (Å²) in [4.78, 5) is 0. The van der Waals surface area contributed by atoms with Gasteiger partial charge in [0.05, 0.1) is 0 Å². The molecule has 1 aliphatic carbocycles. The van der Waals surface area contributed by atoms with Crippen LogP contribution in [0.5, 0.6) is 0 Å². The van der Waals surface area contributed by atoms with Crippen molar-refractivity contribution in [2.75, 3.05) is 0 Å². The maximum atomic E-state index is 5.18. The molecule has 0 atom stereocenters. The van der Waals surface area contributed by atoms with E-state index in [0.29, 0.717) is 12.5 Å². The molecular weight excluding hydrogens is 136 g/mol. The molecule has 0 spiro atoms. The minimum absolute atomic E-state index is 0.579. The van der Waals surface area contributed by atoms with Crippen molar-refractivity contribution in [3.8, 4) is 12.3 Å². The van der Waals surface area contributed by atoms with Crippen LogP contribution in [0, 0.1) is 18.5 Å². The Morgan fingerprint density at radius 1 is 1.82 bits per heavy atom. The monoisotopic (exact) mass is 145 g/mol. The van der Waals surface area contributed by atoms with Crippen molar-refractivity contribution < 1.29 is 0 Å². The molecule has 0 saturated heterocycles. The zero-order valence-electron chi connectivity index (χ0n) is 6.25. The van der Waals surface area contributed by atoms with Crippen LogP contribution in [0.3, 0.4) is 0 Å². The first kappa shape index (κ1) is 6.48. The Balaban J connectivity index is 2.24. The summed E-state index contributed by atoms with van der Waals surface area (Å²) in [7, 11) is 0. The van der Waals surface area contributed by atoms with Gasteiger partial charge < -0.3 is 0 Å². The molecule has 1 aromatic rings. The van der Waals surface area contributed by atoms with Crippen LogP contribution in [-0.4, -0.2) is 9.78 Å². The predicted octanol–water partition coefficient (Wildman–Crippen LogP) is 1.19. The summed E-state index contributed by atoms with van der Waals surface area (Å²) in [6, 6.07) is 1.94. The third kappa shape index (κ3) is 1.14. The van der Waals surface area contributed by atoms with E-state index in [9.17, 15) is 0 Å². The lowest BCUT2D eigenvalue weighted by atomic mass is 10.3. The third-order valence-electron chi connectivity index (χ3n) is 1.93. The molecule has 2 heteroatoms. The van der Waals surface area contributed by atoms with E-state index >= 15 is 0 Å². The molecule has 55 valence electrons. The van der Waals surface area contributed by atoms with Gasteiger partial charge in [-0.15, -0.1) is 6.42 Å². The molecule has 1 fully saturated rings. The van der Waals surface area contributed by atoms with Gasteiger partial charge in [-0.05, 0) is 18.9 Å². The molecule has 1 aliphatic rings. The second-order valence-electron chi connectivity index (χ2n) is 2.83. The van der Waals surface area contributed by atoms with Crippen LogP contribution in [-0.2, 0) is 6.54 Å². The van der Waals surface area contributed by atoms with Crippen molar-refractivity contribution in [1.82, 2.24) is 9.78 Å². The first-order chi connectivity index (χ1) is 5.42. The van der Waals surface area contributed by atoms with Crippen molar-refractivity contribution in [2.45, 2.75) is 25.3 Å². The second kappa shape index (κ2) is 2.43. The SMILES string of the molecule is C#CCn1n[c]cc1C1CC1. The smallest absolute Gasteiger partial charge is 0.113 e. The molecule has 1 aromatic heterocycles. The van der Waals surface area contributed by atoms with E-state index in [4.69, 9.17) is 6.42 Å². The standard InChI is InChI=1S/C9H9N2/c1-2-7-11-9(5-6-10-11)8-3-4-8/h1,5,8H,3-4,7H2.